The number of hydrogen-bond donors (Lipinski definition) is 1. The van der Waals surface area contributed by atoms with Crippen molar-refractivity contribution in [1.82, 2.24) is 4.72 Å². The Labute approximate surface area is 147 Å². The molecule has 3 rings (SSSR count). The molecule has 0 spiro atoms. The summed E-state index contributed by atoms with van der Waals surface area (Å²) in [6.45, 7) is 4.31. The molecule has 2 aromatic carbocycles. The number of ether oxygens (including phenoxy) is 1. The normalized spacial score (nSPS) is 14.1. The van der Waals surface area contributed by atoms with Crippen LogP contribution in [0.2, 0.25) is 0 Å². The molecule has 0 atom stereocenters. The van der Waals surface area contributed by atoms with Crippen LogP contribution in [-0.2, 0) is 10.0 Å². The van der Waals surface area contributed by atoms with Crippen molar-refractivity contribution < 1.29 is 17.9 Å². The van der Waals surface area contributed by atoms with Gasteiger partial charge < -0.3 is 9.64 Å². The van der Waals surface area contributed by atoms with E-state index in [1.54, 1.807) is 30.9 Å². The van der Waals surface area contributed by atoms with E-state index in [4.69, 9.17) is 4.74 Å². The molecule has 0 saturated carbocycles. The van der Waals surface area contributed by atoms with Gasteiger partial charge in [-0.2, -0.15) is 0 Å². The molecule has 0 aromatic heterocycles. The van der Waals surface area contributed by atoms with Gasteiger partial charge in [0.25, 0.3) is 5.91 Å². The minimum absolute atomic E-state index is 0.0774. The van der Waals surface area contributed by atoms with Gasteiger partial charge >= 0.3 is 0 Å². The highest BCUT2D eigenvalue weighted by atomic mass is 32.2. The van der Waals surface area contributed by atoms with Crippen LogP contribution >= 0.6 is 0 Å². The van der Waals surface area contributed by atoms with Gasteiger partial charge in [-0.15, -0.1) is 0 Å². The highest BCUT2D eigenvalue weighted by Gasteiger charge is 2.25. The summed E-state index contributed by atoms with van der Waals surface area (Å²) in [7, 11) is -3.65. The number of hydrogen-bond acceptors (Lipinski definition) is 4. The lowest BCUT2D eigenvalue weighted by molar-refractivity contribution is 0.0976. The average Bonchev–Trinajstić information content (AvgIpc) is 2.60. The Hall–Kier alpha value is -2.38. The van der Waals surface area contributed by atoms with Crippen molar-refractivity contribution in [2.45, 2.75) is 24.8 Å². The third-order valence-corrected chi connectivity index (χ3v) is 5.41. The minimum atomic E-state index is -3.65. The number of fused-ring (bicyclic) bond motifs is 1. The number of rotatable bonds is 4. The van der Waals surface area contributed by atoms with E-state index in [9.17, 15) is 13.2 Å². The highest BCUT2D eigenvalue weighted by Crippen LogP contribution is 2.32. The first-order valence-electron chi connectivity index (χ1n) is 8.04. The predicted molar refractivity (Wildman–Crippen MR) is 95.5 cm³/mol. The highest BCUT2D eigenvalue weighted by molar-refractivity contribution is 7.89. The van der Waals surface area contributed by atoms with Crippen molar-refractivity contribution in [3.8, 4) is 5.75 Å². The molecule has 0 unspecified atom stereocenters. The van der Waals surface area contributed by atoms with Gasteiger partial charge in [0.15, 0.2) is 0 Å². The summed E-state index contributed by atoms with van der Waals surface area (Å²) in [6.07, 6.45) is 0. The van der Waals surface area contributed by atoms with Gasteiger partial charge in [0, 0.05) is 11.6 Å². The van der Waals surface area contributed by atoms with E-state index in [2.05, 4.69) is 4.72 Å². The predicted octanol–water partition coefficient (Wildman–Crippen LogP) is 2.41. The number of nitrogens with zero attached hydrogens (tertiary/aromatic N) is 1. The Morgan fingerprint density at radius 1 is 1.16 bits per heavy atom. The molecule has 1 aliphatic rings. The number of anilines is 1. The zero-order chi connectivity index (χ0) is 18.0. The number of sulfonamides is 1. The molecule has 0 saturated heterocycles. The summed E-state index contributed by atoms with van der Waals surface area (Å²) in [5, 5.41) is 0. The van der Waals surface area contributed by atoms with Crippen LogP contribution in [0.15, 0.2) is 53.4 Å². The molecule has 0 fully saturated rings. The van der Waals surface area contributed by atoms with Crippen LogP contribution in [0.25, 0.3) is 0 Å². The van der Waals surface area contributed by atoms with E-state index in [1.165, 1.54) is 12.1 Å². The molecule has 1 N–H and O–H groups in total. The molecule has 2 aromatic rings. The summed E-state index contributed by atoms with van der Waals surface area (Å²) >= 11 is 0. The number of nitrogens with one attached hydrogen (secondary N) is 1. The van der Waals surface area contributed by atoms with Crippen molar-refractivity contribution in [3.05, 3.63) is 54.1 Å². The van der Waals surface area contributed by atoms with Gasteiger partial charge in [0.2, 0.25) is 10.0 Å². The molecule has 132 valence electrons. The zero-order valence-corrected chi connectivity index (χ0v) is 14.9. The largest absolute Gasteiger partial charge is 0.490 e. The Bertz CT molecular complexity index is 893. The van der Waals surface area contributed by atoms with Crippen molar-refractivity contribution >= 4 is 21.6 Å². The maximum atomic E-state index is 12.9. The molecule has 0 radical (unpaired) electrons. The fourth-order valence-electron chi connectivity index (χ4n) is 2.71. The summed E-state index contributed by atoms with van der Waals surface area (Å²) in [4.78, 5) is 14.6. The van der Waals surface area contributed by atoms with E-state index in [0.717, 1.165) is 0 Å². The van der Waals surface area contributed by atoms with E-state index in [0.29, 0.717) is 30.2 Å². The maximum Gasteiger partial charge on any atom is 0.258 e. The molecule has 25 heavy (non-hydrogen) atoms. The van der Waals surface area contributed by atoms with Gasteiger partial charge in [0.1, 0.15) is 12.4 Å². The van der Waals surface area contributed by atoms with Gasteiger partial charge in [-0.1, -0.05) is 18.2 Å². The van der Waals surface area contributed by atoms with Crippen molar-refractivity contribution in [1.29, 1.82) is 0 Å². The van der Waals surface area contributed by atoms with E-state index >= 15 is 0 Å². The summed E-state index contributed by atoms with van der Waals surface area (Å²) in [5.41, 5.74) is 1.01. The Kier molecular flexibility index (Phi) is 4.78. The zero-order valence-electron chi connectivity index (χ0n) is 14.1. The number of amides is 1. The van der Waals surface area contributed by atoms with E-state index in [1.807, 2.05) is 24.3 Å². The molecular formula is C18H20N2O4S. The third-order valence-electron chi connectivity index (χ3n) is 3.76. The molecule has 0 aliphatic carbocycles. The van der Waals surface area contributed by atoms with Crippen LogP contribution in [-0.4, -0.2) is 33.5 Å². The van der Waals surface area contributed by atoms with Gasteiger partial charge in [-0.3, -0.25) is 4.79 Å². The van der Waals surface area contributed by atoms with Crippen LogP contribution in [0, 0.1) is 0 Å². The summed E-state index contributed by atoms with van der Waals surface area (Å²) in [6, 6.07) is 13.2. The van der Waals surface area contributed by atoms with Crippen LogP contribution in [0.5, 0.6) is 5.75 Å². The molecule has 1 heterocycles. The SMILES string of the molecule is CC(C)NS(=O)(=O)c1cccc(C(=O)N2CCOc3ccccc32)c1. The van der Waals surface area contributed by atoms with Gasteiger partial charge in [-0.25, -0.2) is 13.1 Å². The second kappa shape index (κ2) is 6.85. The fourth-order valence-corrected chi connectivity index (χ4v) is 4.01. The topological polar surface area (TPSA) is 75.7 Å². The molecule has 0 bridgehead atoms. The third kappa shape index (κ3) is 3.67. The van der Waals surface area contributed by atoms with Crippen LogP contribution in [0.3, 0.4) is 0 Å². The molecule has 1 aliphatic heterocycles. The Morgan fingerprint density at radius 2 is 1.92 bits per heavy atom. The average molecular weight is 360 g/mol. The minimum Gasteiger partial charge on any atom is -0.490 e. The standard InChI is InChI=1S/C18H20N2O4S/c1-13(2)19-25(22,23)15-7-5-6-14(12-15)18(21)20-10-11-24-17-9-4-3-8-16(17)20/h3-9,12-13,19H,10-11H2,1-2H3. The van der Waals surface area contributed by atoms with Crippen LogP contribution < -0.4 is 14.4 Å². The smallest absolute Gasteiger partial charge is 0.258 e. The molecule has 7 heteroatoms. The second-order valence-corrected chi connectivity index (χ2v) is 7.79. The first kappa shape index (κ1) is 17.4. The maximum absolute atomic E-state index is 12.9. The number of carbonyl (C=O) groups excluding carboxylic acids is 1. The summed E-state index contributed by atoms with van der Waals surface area (Å²) < 4.78 is 32.8. The molecule has 6 nitrogen and oxygen atoms in total. The van der Waals surface area contributed by atoms with E-state index < -0.39 is 10.0 Å². The Morgan fingerprint density at radius 3 is 2.68 bits per heavy atom. The Balaban J connectivity index is 1.93. The van der Waals surface area contributed by atoms with E-state index in [-0.39, 0.29) is 16.8 Å². The van der Waals surface area contributed by atoms with Crippen LogP contribution in [0.1, 0.15) is 24.2 Å². The van der Waals surface area contributed by atoms with Crippen molar-refractivity contribution in [3.63, 3.8) is 0 Å². The quantitative estimate of drug-likeness (QED) is 0.908. The first-order chi connectivity index (χ1) is 11.9. The lowest BCUT2D eigenvalue weighted by Gasteiger charge is -2.29. The number of benzene rings is 2. The number of carbonyl (C=O) groups is 1. The van der Waals surface area contributed by atoms with Gasteiger partial charge in [-0.05, 0) is 44.2 Å². The first-order valence-corrected chi connectivity index (χ1v) is 9.53. The van der Waals surface area contributed by atoms with Crippen molar-refractivity contribution in [2.24, 2.45) is 0 Å². The lowest BCUT2D eigenvalue weighted by Crippen LogP contribution is -2.38. The van der Waals surface area contributed by atoms with Crippen LogP contribution in [0.4, 0.5) is 5.69 Å². The van der Waals surface area contributed by atoms with Gasteiger partial charge in [0.05, 0.1) is 17.1 Å². The second-order valence-electron chi connectivity index (χ2n) is 6.08. The molecule has 1 amide bonds. The number of para-hydroxylation sites is 2. The monoisotopic (exact) mass is 360 g/mol. The molecular weight excluding hydrogens is 340 g/mol. The summed E-state index contributed by atoms with van der Waals surface area (Å²) in [5.74, 6) is 0.393. The lowest BCUT2D eigenvalue weighted by atomic mass is 10.1. The fraction of sp³-hybridized carbons (Fsp3) is 0.278. The van der Waals surface area contributed by atoms with Crippen molar-refractivity contribution in [2.75, 3.05) is 18.1 Å².